The van der Waals surface area contributed by atoms with Gasteiger partial charge in [-0.3, -0.25) is 4.79 Å². The summed E-state index contributed by atoms with van der Waals surface area (Å²) in [5, 5.41) is 7.12. The number of esters is 1. The van der Waals surface area contributed by atoms with Crippen LogP contribution in [0.15, 0.2) is 60.9 Å². The largest absolute Gasteiger partial charge is 0.465 e. The van der Waals surface area contributed by atoms with E-state index in [1.165, 1.54) is 7.11 Å². The van der Waals surface area contributed by atoms with E-state index in [-0.39, 0.29) is 12.3 Å². The maximum atomic E-state index is 12.3. The number of carbonyl (C=O) groups excluding carboxylic acids is 2. The van der Waals surface area contributed by atoms with Crippen LogP contribution in [-0.2, 0) is 16.0 Å². The molecule has 1 N–H and O–H groups in total. The van der Waals surface area contributed by atoms with Crippen LogP contribution in [0.25, 0.3) is 5.69 Å². The summed E-state index contributed by atoms with van der Waals surface area (Å²) in [6.07, 6.45) is 4.51. The Morgan fingerprint density at radius 3 is 2.67 bits per heavy atom. The Hall–Kier alpha value is -3.41. The highest BCUT2D eigenvalue weighted by atomic mass is 16.5. The van der Waals surface area contributed by atoms with Gasteiger partial charge in [-0.15, -0.1) is 0 Å². The van der Waals surface area contributed by atoms with Crippen LogP contribution in [-0.4, -0.2) is 28.8 Å². The fraction of sp³-hybridized carbons (Fsp3) is 0.190. The van der Waals surface area contributed by atoms with Crippen LogP contribution in [0.4, 0.5) is 5.69 Å². The number of hydrogen-bond acceptors (Lipinski definition) is 4. The Morgan fingerprint density at radius 1 is 1.15 bits per heavy atom. The first-order valence-electron chi connectivity index (χ1n) is 8.64. The molecule has 6 nitrogen and oxygen atoms in total. The highest BCUT2D eigenvalue weighted by molar-refractivity contribution is 6.01. The van der Waals surface area contributed by atoms with E-state index in [4.69, 9.17) is 4.74 Å². The summed E-state index contributed by atoms with van der Waals surface area (Å²) in [6, 6.07) is 15.0. The van der Waals surface area contributed by atoms with Crippen LogP contribution >= 0.6 is 0 Å². The number of aryl methyl sites for hydroxylation is 2. The molecule has 0 unspecified atom stereocenters. The summed E-state index contributed by atoms with van der Waals surface area (Å²) in [5.74, 6) is -0.644. The Kier molecular flexibility index (Phi) is 5.66. The average molecular weight is 363 g/mol. The lowest BCUT2D eigenvalue weighted by Gasteiger charge is -2.10. The van der Waals surface area contributed by atoms with Crippen molar-refractivity contribution in [2.24, 2.45) is 0 Å². The van der Waals surface area contributed by atoms with Crippen molar-refractivity contribution in [2.75, 3.05) is 12.4 Å². The number of amides is 1. The monoisotopic (exact) mass is 363 g/mol. The minimum atomic E-state index is -0.474. The molecule has 0 saturated heterocycles. The van der Waals surface area contributed by atoms with Crippen molar-refractivity contribution >= 4 is 17.6 Å². The van der Waals surface area contributed by atoms with Crippen LogP contribution < -0.4 is 5.32 Å². The van der Waals surface area contributed by atoms with Crippen LogP contribution in [0.1, 0.15) is 27.9 Å². The molecule has 0 bridgehead atoms. The molecule has 3 rings (SSSR count). The summed E-state index contributed by atoms with van der Waals surface area (Å²) < 4.78 is 6.57. The molecular weight excluding hydrogens is 342 g/mol. The number of nitrogens with one attached hydrogen (secondary N) is 1. The molecule has 0 radical (unpaired) electrons. The number of anilines is 1. The average Bonchev–Trinajstić information content (AvgIpc) is 3.17. The standard InChI is InChI=1S/C21H21N3O3/c1-15-8-10-19(18(12-15)21(26)27-2)23-20(25)11-9-16-13-22-24(14-16)17-6-4-3-5-7-17/h3-8,10,12-14H,9,11H2,1-2H3,(H,23,25). The second-order valence-electron chi connectivity index (χ2n) is 6.22. The lowest BCUT2D eigenvalue weighted by Crippen LogP contribution is -2.15. The van der Waals surface area contributed by atoms with Crippen molar-refractivity contribution in [3.05, 3.63) is 77.6 Å². The van der Waals surface area contributed by atoms with Gasteiger partial charge in [-0.1, -0.05) is 29.8 Å². The van der Waals surface area contributed by atoms with Crippen LogP contribution in [0.5, 0.6) is 0 Å². The topological polar surface area (TPSA) is 73.2 Å². The van der Waals surface area contributed by atoms with Crippen molar-refractivity contribution < 1.29 is 14.3 Å². The Morgan fingerprint density at radius 2 is 1.93 bits per heavy atom. The number of ether oxygens (including phenoxy) is 1. The molecule has 138 valence electrons. The summed E-state index contributed by atoms with van der Waals surface area (Å²) in [5.41, 5.74) is 3.66. The van der Waals surface area contributed by atoms with Gasteiger partial charge in [0, 0.05) is 12.6 Å². The Labute approximate surface area is 157 Å². The zero-order chi connectivity index (χ0) is 19.2. The maximum absolute atomic E-state index is 12.3. The van der Waals surface area contributed by atoms with Crippen molar-refractivity contribution in [1.82, 2.24) is 9.78 Å². The maximum Gasteiger partial charge on any atom is 0.339 e. The van der Waals surface area contributed by atoms with E-state index in [9.17, 15) is 9.59 Å². The molecule has 0 aliphatic rings. The number of nitrogens with zero attached hydrogens (tertiary/aromatic N) is 2. The van der Waals surface area contributed by atoms with Crippen molar-refractivity contribution in [2.45, 2.75) is 19.8 Å². The smallest absolute Gasteiger partial charge is 0.339 e. The molecule has 0 aliphatic heterocycles. The Bertz CT molecular complexity index is 948. The van der Waals surface area contributed by atoms with Gasteiger partial charge in [-0.05, 0) is 43.2 Å². The van der Waals surface area contributed by atoms with Crippen molar-refractivity contribution in [3.63, 3.8) is 0 Å². The minimum absolute atomic E-state index is 0.170. The number of aromatic nitrogens is 2. The van der Waals surface area contributed by atoms with Gasteiger partial charge in [0.15, 0.2) is 0 Å². The molecule has 2 aromatic carbocycles. The zero-order valence-electron chi connectivity index (χ0n) is 15.3. The summed E-state index contributed by atoms with van der Waals surface area (Å²) in [6.45, 7) is 1.88. The molecular formula is C21H21N3O3. The van der Waals surface area contributed by atoms with E-state index >= 15 is 0 Å². The van der Waals surface area contributed by atoms with E-state index in [0.29, 0.717) is 17.7 Å². The number of hydrogen-bond donors (Lipinski definition) is 1. The highest BCUT2D eigenvalue weighted by Crippen LogP contribution is 2.19. The number of benzene rings is 2. The fourth-order valence-corrected chi connectivity index (χ4v) is 2.73. The summed E-state index contributed by atoms with van der Waals surface area (Å²) in [7, 11) is 1.32. The summed E-state index contributed by atoms with van der Waals surface area (Å²) in [4.78, 5) is 24.2. The molecule has 0 aliphatic carbocycles. The molecule has 1 amide bonds. The van der Waals surface area contributed by atoms with Gasteiger partial charge in [0.2, 0.25) is 5.91 Å². The second kappa shape index (κ2) is 8.31. The molecule has 6 heteroatoms. The van der Waals surface area contributed by atoms with E-state index < -0.39 is 5.97 Å². The zero-order valence-corrected chi connectivity index (χ0v) is 15.3. The predicted molar refractivity (Wildman–Crippen MR) is 103 cm³/mol. The number of rotatable bonds is 6. The first-order chi connectivity index (χ1) is 13.1. The molecule has 0 spiro atoms. The number of methoxy groups -OCH3 is 1. The van der Waals surface area contributed by atoms with Gasteiger partial charge in [0.1, 0.15) is 0 Å². The summed E-state index contributed by atoms with van der Waals surface area (Å²) >= 11 is 0. The molecule has 1 heterocycles. The molecule has 0 fully saturated rings. The lowest BCUT2D eigenvalue weighted by atomic mass is 10.1. The molecule has 27 heavy (non-hydrogen) atoms. The van der Waals surface area contributed by atoms with Gasteiger partial charge in [-0.2, -0.15) is 5.10 Å². The first-order valence-corrected chi connectivity index (χ1v) is 8.64. The minimum Gasteiger partial charge on any atom is -0.465 e. The highest BCUT2D eigenvalue weighted by Gasteiger charge is 2.14. The van der Waals surface area contributed by atoms with Crippen molar-refractivity contribution in [3.8, 4) is 5.69 Å². The van der Waals surface area contributed by atoms with Crippen LogP contribution in [0, 0.1) is 6.92 Å². The lowest BCUT2D eigenvalue weighted by molar-refractivity contribution is -0.116. The van der Waals surface area contributed by atoms with Gasteiger partial charge in [-0.25, -0.2) is 9.48 Å². The van der Waals surface area contributed by atoms with Crippen molar-refractivity contribution in [1.29, 1.82) is 0 Å². The number of carbonyl (C=O) groups is 2. The van der Waals surface area contributed by atoms with Gasteiger partial charge >= 0.3 is 5.97 Å². The third-order valence-corrected chi connectivity index (χ3v) is 4.15. The molecule has 1 aromatic heterocycles. The van der Waals surface area contributed by atoms with Gasteiger partial charge in [0.25, 0.3) is 0 Å². The van der Waals surface area contributed by atoms with E-state index in [1.54, 1.807) is 23.0 Å². The molecule has 0 atom stereocenters. The first kappa shape index (κ1) is 18.4. The number of para-hydroxylation sites is 1. The third-order valence-electron chi connectivity index (χ3n) is 4.15. The molecule has 0 saturated carbocycles. The normalized spacial score (nSPS) is 10.4. The Balaban J connectivity index is 1.63. The third kappa shape index (κ3) is 4.61. The quantitative estimate of drug-likeness (QED) is 0.680. The second-order valence-corrected chi connectivity index (χ2v) is 6.22. The SMILES string of the molecule is COC(=O)c1cc(C)ccc1NC(=O)CCc1cnn(-c2ccccc2)c1. The fourth-order valence-electron chi connectivity index (χ4n) is 2.73. The van der Waals surface area contributed by atoms with Crippen LogP contribution in [0.2, 0.25) is 0 Å². The van der Waals surface area contributed by atoms with Crippen LogP contribution in [0.3, 0.4) is 0 Å². The van der Waals surface area contributed by atoms with E-state index in [1.807, 2.05) is 49.5 Å². The van der Waals surface area contributed by atoms with E-state index in [0.717, 1.165) is 16.8 Å². The predicted octanol–water partition coefficient (Wildman–Crippen LogP) is 3.54. The molecule has 3 aromatic rings. The van der Waals surface area contributed by atoms with Gasteiger partial charge < -0.3 is 10.1 Å². The van der Waals surface area contributed by atoms with E-state index in [2.05, 4.69) is 10.4 Å². The van der Waals surface area contributed by atoms with Gasteiger partial charge in [0.05, 0.1) is 30.2 Å².